The molecule has 3 atom stereocenters. The largest absolute Gasteiger partial charge is 0.339 e. The van der Waals surface area contributed by atoms with Crippen LogP contribution in [0.4, 0.5) is 0 Å². The first-order valence-corrected chi connectivity index (χ1v) is 10.2. The van der Waals surface area contributed by atoms with Crippen LogP contribution in [0, 0.1) is 11.8 Å². The predicted octanol–water partition coefficient (Wildman–Crippen LogP) is 3.11. The molecule has 2 saturated heterocycles. The summed E-state index contributed by atoms with van der Waals surface area (Å²) in [5, 5.41) is 7.76. The van der Waals surface area contributed by atoms with Gasteiger partial charge in [-0.1, -0.05) is 32.1 Å². The highest BCUT2D eigenvalue weighted by Crippen LogP contribution is 2.35. The Morgan fingerprint density at radius 2 is 2.00 bits per heavy atom. The second-order valence-electron chi connectivity index (χ2n) is 8.39. The van der Waals surface area contributed by atoms with Crippen LogP contribution in [0.3, 0.4) is 0 Å². The van der Waals surface area contributed by atoms with E-state index in [1.807, 2.05) is 17.9 Å². The molecule has 1 aromatic rings. The lowest BCUT2D eigenvalue weighted by Crippen LogP contribution is -2.42. The molecule has 0 spiro atoms. The smallest absolute Gasteiger partial charge is 0.227 e. The lowest BCUT2D eigenvalue weighted by atomic mass is 9.84. The molecule has 1 N–H and O–H groups in total. The second kappa shape index (κ2) is 8.75. The molecule has 3 aliphatic rings. The van der Waals surface area contributed by atoms with E-state index in [4.69, 9.17) is 0 Å². The molecule has 1 amide bonds. The molecule has 0 bridgehead atoms. The third-order valence-corrected chi connectivity index (χ3v) is 6.67. The monoisotopic (exact) mass is 380 g/mol. The van der Waals surface area contributed by atoms with Crippen molar-refractivity contribution in [3.63, 3.8) is 0 Å². The maximum atomic E-state index is 13.3. The molecule has 1 aromatic heterocycles. The molecule has 5 nitrogen and oxygen atoms in total. The van der Waals surface area contributed by atoms with Crippen molar-refractivity contribution in [1.29, 1.82) is 0 Å². The first-order valence-electron chi connectivity index (χ1n) is 10.2. The van der Waals surface area contributed by atoms with Crippen molar-refractivity contribution in [2.24, 2.45) is 18.9 Å². The Morgan fingerprint density at radius 3 is 2.73 bits per heavy atom. The molecule has 1 aliphatic carbocycles. The fourth-order valence-electron chi connectivity index (χ4n) is 5.31. The van der Waals surface area contributed by atoms with Crippen molar-refractivity contribution >= 4 is 18.3 Å². The number of amides is 1. The average molecular weight is 381 g/mol. The molecule has 1 saturated carbocycles. The van der Waals surface area contributed by atoms with Crippen LogP contribution in [0.1, 0.15) is 62.8 Å². The summed E-state index contributed by atoms with van der Waals surface area (Å²) >= 11 is 0. The van der Waals surface area contributed by atoms with Gasteiger partial charge < -0.3 is 10.2 Å². The minimum Gasteiger partial charge on any atom is -0.339 e. The third kappa shape index (κ3) is 4.09. The Morgan fingerprint density at radius 1 is 1.19 bits per heavy atom. The normalized spacial score (nSPS) is 29.7. The van der Waals surface area contributed by atoms with Gasteiger partial charge in [0.1, 0.15) is 0 Å². The summed E-state index contributed by atoms with van der Waals surface area (Å²) in [5.41, 5.74) is 1.20. The van der Waals surface area contributed by atoms with Gasteiger partial charge in [0.25, 0.3) is 0 Å². The van der Waals surface area contributed by atoms with Gasteiger partial charge in [0.05, 0.1) is 12.1 Å². The summed E-state index contributed by atoms with van der Waals surface area (Å²) in [6, 6.07) is 0.491. The van der Waals surface area contributed by atoms with Crippen LogP contribution in [-0.2, 0) is 11.8 Å². The van der Waals surface area contributed by atoms with Gasteiger partial charge in [-0.3, -0.25) is 9.48 Å². The van der Waals surface area contributed by atoms with Crippen molar-refractivity contribution in [1.82, 2.24) is 20.0 Å². The number of halogens is 1. The Kier molecular flexibility index (Phi) is 6.62. The van der Waals surface area contributed by atoms with Crippen LogP contribution in [0.25, 0.3) is 0 Å². The predicted molar refractivity (Wildman–Crippen MR) is 105 cm³/mol. The van der Waals surface area contributed by atoms with E-state index in [1.54, 1.807) is 0 Å². The number of hydrogen-bond acceptors (Lipinski definition) is 3. The molecular formula is C20H33ClN4O. The molecule has 4 rings (SSSR count). The molecule has 0 aromatic carbocycles. The van der Waals surface area contributed by atoms with Crippen LogP contribution in [-0.4, -0.2) is 46.3 Å². The number of nitrogens with zero attached hydrogens (tertiary/aromatic N) is 3. The number of carbonyl (C=O) groups excluding carboxylic acids is 1. The fraction of sp³-hybridized carbons (Fsp3) is 0.800. The maximum Gasteiger partial charge on any atom is 0.227 e. The summed E-state index contributed by atoms with van der Waals surface area (Å²) in [6.07, 6.45) is 14.6. The van der Waals surface area contributed by atoms with E-state index in [0.717, 1.165) is 25.6 Å². The van der Waals surface area contributed by atoms with Gasteiger partial charge in [0.15, 0.2) is 0 Å². The molecule has 26 heavy (non-hydrogen) atoms. The van der Waals surface area contributed by atoms with Gasteiger partial charge in [-0.25, -0.2) is 0 Å². The molecule has 2 aliphatic heterocycles. The molecule has 3 heterocycles. The average Bonchev–Trinajstić information content (AvgIpc) is 3.35. The first-order chi connectivity index (χ1) is 12.2. The second-order valence-corrected chi connectivity index (χ2v) is 8.39. The van der Waals surface area contributed by atoms with Crippen LogP contribution in [0.5, 0.6) is 0 Å². The minimum absolute atomic E-state index is 0. The van der Waals surface area contributed by atoms with Gasteiger partial charge in [0, 0.05) is 44.8 Å². The van der Waals surface area contributed by atoms with Gasteiger partial charge in [0.2, 0.25) is 5.91 Å². The standard InChI is InChI=1S/C20H32N4O.ClH/c1-23-14-16(11-22-23)18-12-21-13-19(18)20(25)24-9-5-8-17(24)10-15-6-3-2-4-7-15;/h11,14-15,17-19,21H,2-10,12-13H2,1H3;1H/t17?,18-,19+;/m1./s1. The fourth-order valence-corrected chi connectivity index (χ4v) is 5.31. The Bertz CT molecular complexity index is 598. The summed E-state index contributed by atoms with van der Waals surface area (Å²) in [5.74, 6) is 1.59. The highest BCUT2D eigenvalue weighted by atomic mass is 35.5. The summed E-state index contributed by atoms with van der Waals surface area (Å²) in [7, 11) is 1.95. The number of hydrogen-bond donors (Lipinski definition) is 1. The molecule has 3 fully saturated rings. The zero-order valence-electron chi connectivity index (χ0n) is 15.9. The van der Waals surface area contributed by atoms with E-state index < -0.39 is 0 Å². The van der Waals surface area contributed by atoms with E-state index in [2.05, 4.69) is 21.5 Å². The van der Waals surface area contributed by atoms with Crippen LogP contribution >= 0.6 is 12.4 Å². The third-order valence-electron chi connectivity index (χ3n) is 6.67. The van der Waals surface area contributed by atoms with E-state index >= 15 is 0 Å². The van der Waals surface area contributed by atoms with Gasteiger partial charge >= 0.3 is 0 Å². The van der Waals surface area contributed by atoms with Gasteiger partial charge in [-0.2, -0.15) is 5.10 Å². The zero-order valence-corrected chi connectivity index (χ0v) is 16.7. The summed E-state index contributed by atoms with van der Waals surface area (Å²) in [4.78, 5) is 15.6. The molecule has 1 unspecified atom stereocenters. The number of aryl methyl sites for hydroxylation is 1. The SMILES string of the molecule is Cl.Cn1cc([C@H]2CNC[C@@H]2C(=O)N2CCCC2CC2CCCCC2)cn1. The van der Waals surface area contributed by atoms with Crippen molar-refractivity contribution in [3.8, 4) is 0 Å². The summed E-state index contributed by atoms with van der Waals surface area (Å²) in [6.45, 7) is 2.67. The number of likely N-dealkylation sites (tertiary alicyclic amines) is 1. The lowest BCUT2D eigenvalue weighted by Gasteiger charge is -2.32. The molecular weight excluding hydrogens is 348 g/mol. The molecule has 146 valence electrons. The Labute approximate surface area is 163 Å². The number of carbonyl (C=O) groups is 1. The van der Waals surface area contributed by atoms with E-state index in [9.17, 15) is 4.79 Å². The van der Waals surface area contributed by atoms with Crippen LogP contribution in [0.15, 0.2) is 12.4 Å². The topological polar surface area (TPSA) is 50.2 Å². The van der Waals surface area contributed by atoms with E-state index in [-0.39, 0.29) is 24.2 Å². The van der Waals surface area contributed by atoms with E-state index in [1.165, 1.54) is 56.9 Å². The number of aromatic nitrogens is 2. The van der Waals surface area contributed by atoms with Crippen molar-refractivity contribution < 1.29 is 4.79 Å². The van der Waals surface area contributed by atoms with Crippen molar-refractivity contribution in [2.45, 2.75) is 63.3 Å². The minimum atomic E-state index is 0. The molecule has 0 radical (unpaired) electrons. The van der Waals surface area contributed by atoms with E-state index in [0.29, 0.717) is 11.9 Å². The number of rotatable bonds is 4. The Hall–Kier alpha value is -1.07. The zero-order chi connectivity index (χ0) is 17.2. The highest BCUT2D eigenvalue weighted by Gasteiger charge is 2.40. The summed E-state index contributed by atoms with van der Waals surface area (Å²) < 4.78 is 1.84. The lowest BCUT2D eigenvalue weighted by molar-refractivity contribution is -0.136. The van der Waals surface area contributed by atoms with Crippen LogP contribution in [0.2, 0.25) is 0 Å². The first kappa shape index (κ1) is 19.7. The van der Waals surface area contributed by atoms with Crippen molar-refractivity contribution in [2.75, 3.05) is 19.6 Å². The maximum absolute atomic E-state index is 13.3. The van der Waals surface area contributed by atoms with Gasteiger partial charge in [-0.05, 0) is 30.7 Å². The quantitative estimate of drug-likeness (QED) is 0.873. The number of nitrogens with one attached hydrogen (secondary N) is 1. The highest BCUT2D eigenvalue weighted by molar-refractivity contribution is 5.85. The molecule has 6 heteroatoms. The van der Waals surface area contributed by atoms with Crippen LogP contribution < -0.4 is 5.32 Å². The van der Waals surface area contributed by atoms with Gasteiger partial charge in [-0.15, -0.1) is 12.4 Å². The Balaban J connectivity index is 0.00000196. The van der Waals surface area contributed by atoms with Crippen molar-refractivity contribution in [3.05, 3.63) is 18.0 Å².